The molecule has 16 heavy (non-hydrogen) atoms. The Balaban J connectivity index is 1.99. The molecule has 2 saturated heterocycles. The van der Waals surface area contributed by atoms with Crippen LogP contribution in [0.25, 0.3) is 0 Å². The highest BCUT2D eigenvalue weighted by molar-refractivity contribution is 5.90. The standard InChI is InChI=1S/C11H22N4O/c1-7-9(14-5-3-12-7)11(16)10-8(2)13-4-6-15-10/h7-10,12-15H,3-6H2,1-2H3. The van der Waals surface area contributed by atoms with Crippen molar-refractivity contribution in [2.45, 2.75) is 38.0 Å². The van der Waals surface area contributed by atoms with E-state index in [4.69, 9.17) is 0 Å². The van der Waals surface area contributed by atoms with E-state index in [1.54, 1.807) is 0 Å². The predicted molar refractivity (Wildman–Crippen MR) is 63.5 cm³/mol. The third-order valence-electron chi connectivity index (χ3n) is 3.52. The van der Waals surface area contributed by atoms with Crippen LogP contribution in [0, 0.1) is 0 Å². The molecule has 0 amide bonds. The number of carbonyl (C=O) groups excluding carboxylic acids is 1. The lowest BCUT2D eigenvalue weighted by molar-refractivity contribution is -0.125. The summed E-state index contributed by atoms with van der Waals surface area (Å²) in [5, 5.41) is 13.3. The van der Waals surface area contributed by atoms with Crippen LogP contribution in [0.1, 0.15) is 13.8 Å². The van der Waals surface area contributed by atoms with Gasteiger partial charge in [-0.15, -0.1) is 0 Å². The van der Waals surface area contributed by atoms with E-state index >= 15 is 0 Å². The summed E-state index contributed by atoms with van der Waals surface area (Å²) in [6.07, 6.45) is 0. The first-order valence-electron chi connectivity index (χ1n) is 6.17. The van der Waals surface area contributed by atoms with Crippen molar-refractivity contribution < 1.29 is 4.79 Å². The minimum atomic E-state index is -0.0615. The molecule has 4 atom stereocenters. The second-order valence-corrected chi connectivity index (χ2v) is 4.75. The molecule has 0 aromatic heterocycles. The number of hydrogen-bond acceptors (Lipinski definition) is 5. The molecule has 0 bridgehead atoms. The summed E-state index contributed by atoms with van der Waals surface area (Å²) in [6, 6.07) is 0.316. The summed E-state index contributed by atoms with van der Waals surface area (Å²) in [4.78, 5) is 12.4. The molecule has 0 saturated carbocycles. The number of nitrogens with one attached hydrogen (secondary N) is 4. The smallest absolute Gasteiger partial charge is 0.169 e. The quantitative estimate of drug-likeness (QED) is 0.459. The number of piperazine rings is 2. The minimum absolute atomic E-state index is 0.0615. The molecule has 92 valence electrons. The number of Topliss-reactive ketones (excluding diaryl/α,β-unsaturated/α-hetero) is 1. The molecule has 0 aromatic rings. The van der Waals surface area contributed by atoms with Gasteiger partial charge in [0.15, 0.2) is 5.78 Å². The lowest BCUT2D eigenvalue weighted by Gasteiger charge is -2.36. The van der Waals surface area contributed by atoms with Crippen LogP contribution in [0.15, 0.2) is 0 Å². The molecule has 4 unspecified atom stereocenters. The molecule has 4 N–H and O–H groups in total. The average Bonchev–Trinajstić information content (AvgIpc) is 2.29. The zero-order chi connectivity index (χ0) is 11.5. The topological polar surface area (TPSA) is 65.2 Å². The van der Waals surface area contributed by atoms with Crippen molar-refractivity contribution in [2.75, 3.05) is 26.2 Å². The Hall–Kier alpha value is -0.490. The van der Waals surface area contributed by atoms with Crippen molar-refractivity contribution in [3.8, 4) is 0 Å². The Morgan fingerprint density at radius 3 is 1.56 bits per heavy atom. The van der Waals surface area contributed by atoms with E-state index in [-0.39, 0.29) is 30.0 Å². The number of carbonyl (C=O) groups is 1. The Bertz CT molecular complexity index is 234. The molecule has 0 radical (unpaired) electrons. The summed E-state index contributed by atoms with van der Waals surface area (Å²) in [7, 11) is 0. The normalized spacial score (nSPS) is 40.6. The van der Waals surface area contributed by atoms with Crippen molar-refractivity contribution in [1.29, 1.82) is 0 Å². The molecule has 5 nitrogen and oxygen atoms in total. The third-order valence-corrected chi connectivity index (χ3v) is 3.52. The van der Waals surface area contributed by atoms with E-state index in [0.717, 1.165) is 26.2 Å². The van der Waals surface area contributed by atoms with Gasteiger partial charge in [0.25, 0.3) is 0 Å². The largest absolute Gasteiger partial charge is 0.311 e. The monoisotopic (exact) mass is 226 g/mol. The first-order chi connectivity index (χ1) is 7.70. The van der Waals surface area contributed by atoms with Gasteiger partial charge < -0.3 is 21.3 Å². The first kappa shape index (κ1) is 12.0. The summed E-state index contributed by atoms with van der Waals surface area (Å²) in [5.74, 6) is 0.277. The SMILES string of the molecule is CC1NCCNC1C(=O)C1NCCNC1C. The van der Waals surface area contributed by atoms with Crippen LogP contribution in [0.2, 0.25) is 0 Å². The van der Waals surface area contributed by atoms with Gasteiger partial charge in [0.2, 0.25) is 0 Å². The van der Waals surface area contributed by atoms with Crippen LogP contribution in [0.3, 0.4) is 0 Å². The summed E-state index contributed by atoms with van der Waals surface area (Å²) in [5.41, 5.74) is 0. The van der Waals surface area contributed by atoms with Gasteiger partial charge in [-0.2, -0.15) is 0 Å². The summed E-state index contributed by atoms with van der Waals surface area (Å²) >= 11 is 0. The number of ketones is 1. The molecule has 0 aromatic carbocycles. The summed E-state index contributed by atoms with van der Waals surface area (Å²) < 4.78 is 0. The highest BCUT2D eigenvalue weighted by atomic mass is 16.1. The molecule has 0 aliphatic carbocycles. The highest BCUT2D eigenvalue weighted by Crippen LogP contribution is 2.07. The van der Waals surface area contributed by atoms with Crippen molar-refractivity contribution in [3.63, 3.8) is 0 Å². The van der Waals surface area contributed by atoms with Gasteiger partial charge in [0.05, 0.1) is 12.1 Å². The van der Waals surface area contributed by atoms with Gasteiger partial charge in [-0.1, -0.05) is 0 Å². The van der Waals surface area contributed by atoms with Gasteiger partial charge in [0, 0.05) is 38.3 Å². The molecular weight excluding hydrogens is 204 g/mol. The fraction of sp³-hybridized carbons (Fsp3) is 0.909. The van der Waals surface area contributed by atoms with Crippen LogP contribution in [0.4, 0.5) is 0 Å². The molecule has 2 fully saturated rings. The van der Waals surface area contributed by atoms with Gasteiger partial charge in [-0.3, -0.25) is 4.79 Å². The van der Waals surface area contributed by atoms with Crippen molar-refractivity contribution in [3.05, 3.63) is 0 Å². The third kappa shape index (κ3) is 2.43. The van der Waals surface area contributed by atoms with Crippen LogP contribution in [-0.2, 0) is 4.79 Å². The summed E-state index contributed by atoms with van der Waals surface area (Å²) in [6.45, 7) is 7.75. The predicted octanol–water partition coefficient (Wildman–Crippen LogP) is -1.54. The van der Waals surface area contributed by atoms with Crippen LogP contribution in [0.5, 0.6) is 0 Å². The fourth-order valence-electron chi connectivity index (χ4n) is 2.53. The molecule has 2 aliphatic heterocycles. The maximum Gasteiger partial charge on any atom is 0.169 e. The lowest BCUT2D eigenvalue weighted by atomic mass is 9.93. The number of rotatable bonds is 2. The Morgan fingerprint density at radius 1 is 0.812 bits per heavy atom. The highest BCUT2D eigenvalue weighted by Gasteiger charge is 2.35. The Morgan fingerprint density at radius 2 is 1.19 bits per heavy atom. The first-order valence-corrected chi connectivity index (χ1v) is 6.17. The minimum Gasteiger partial charge on any atom is -0.311 e. The van der Waals surface area contributed by atoms with Crippen molar-refractivity contribution >= 4 is 5.78 Å². The molecule has 2 aliphatic rings. The van der Waals surface area contributed by atoms with Gasteiger partial charge >= 0.3 is 0 Å². The lowest BCUT2D eigenvalue weighted by Crippen LogP contribution is -2.66. The fourth-order valence-corrected chi connectivity index (χ4v) is 2.53. The molecule has 5 heteroatoms. The van der Waals surface area contributed by atoms with E-state index < -0.39 is 0 Å². The van der Waals surface area contributed by atoms with Crippen LogP contribution in [-0.4, -0.2) is 56.1 Å². The Labute approximate surface area is 96.7 Å². The zero-order valence-corrected chi connectivity index (χ0v) is 10.0. The maximum atomic E-state index is 12.4. The Kier molecular flexibility index (Phi) is 3.91. The molecular formula is C11H22N4O. The van der Waals surface area contributed by atoms with Gasteiger partial charge in [0.1, 0.15) is 0 Å². The van der Waals surface area contributed by atoms with E-state index in [0.29, 0.717) is 0 Å². The van der Waals surface area contributed by atoms with E-state index in [1.165, 1.54) is 0 Å². The van der Waals surface area contributed by atoms with Crippen LogP contribution < -0.4 is 21.3 Å². The maximum absolute atomic E-state index is 12.4. The second kappa shape index (κ2) is 5.23. The molecule has 0 spiro atoms. The van der Waals surface area contributed by atoms with Gasteiger partial charge in [-0.25, -0.2) is 0 Å². The average molecular weight is 226 g/mol. The number of hydrogen-bond donors (Lipinski definition) is 4. The zero-order valence-electron chi connectivity index (χ0n) is 10.0. The van der Waals surface area contributed by atoms with E-state index in [1.807, 2.05) is 0 Å². The van der Waals surface area contributed by atoms with Gasteiger partial charge in [-0.05, 0) is 13.8 Å². The van der Waals surface area contributed by atoms with E-state index in [2.05, 4.69) is 35.1 Å². The van der Waals surface area contributed by atoms with Crippen molar-refractivity contribution in [2.24, 2.45) is 0 Å². The van der Waals surface area contributed by atoms with E-state index in [9.17, 15) is 4.79 Å². The van der Waals surface area contributed by atoms with Crippen LogP contribution >= 0.6 is 0 Å². The molecule has 2 rings (SSSR count). The molecule has 2 heterocycles. The second-order valence-electron chi connectivity index (χ2n) is 4.75. The van der Waals surface area contributed by atoms with Crippen molar-refractivity contribution in [1.82, 2.24) is 21.3 Å².